The van der Waals surface area contributed by atoms with Crippen LogP contribution in [0.1, 0.15) is 67.0 Å². The summed E-state index contributed by atoms with van der Waals surface area (Å²) in [4.78, 5) is 21.0. The van der Waals surface area contributed by atoms with Gasteiger partial charge in [-0.05, 0) is 44.1 Å². The van der Waals surface area contributed by atoms with E-state index in [1.165, 1.54) is 12.0 Å². The van der Waals surface area contributed by atoms with Crippen LogP contribution in [0.5, 0.6) is 0 Å². The number of hydrogen-bond acceptors (Lipinski definition) is 5. The van der Waals surface area contributed by atoms with E-state index in [-0.39, 0.29) is 24.1 Å². The van der Waals surface area contributed by atoms with Crippen LogP contribution in [0.15, 0.2) is 67.0 Å². The van der Waals surface area contributed by atoms with E-state index in [2.05, 4.69) is 22.0 Å². The third-order valence-corrected chi connectivity index (χ3v) is 8.88. The van der Waals surface area contributed by atoms with E-state index < -0.39 is 5.60 Å². The van der Waals surface area contributed by atoms with Gasteiger partial charge >= 0.3 is 0 Å². The Kier molecular flexibility index (Phi) is 7.82. The number of imidazole rings is 1. The van der Waals surface area contributed by atoms with Crippen molar-refractivity contribution in [2.75, 3.05) is 26.2 Å². The zero-order chi connectivity index (χ0) is 26.7. The van der Waals surface area contributed by atoms with Crippen molar-refractivity contribution in [3.05, 3.63) is 78.2 Å². The summed E-state index contributed by atoms with van der Waals surface area (Å²) in [6.45, 7) is 2.48. The number of hydrogen-bond donors (Lipinski definition) is 2. The van der Waals surface area contributed by atoms with E-state index in [1.807, 2.05) is 53.4 Å². The lowest BCUT2D eigenvalue weighted by molar-refractivity contribution is -0.129. The van der Waals surface area contributed by atoms with E-state index in [0.29, 0.717) is 25.3 Å². The van der Waals surface area contributed by atoms with Gasteiger partial charge in [-0.3, -0.25) is 4.79 Å². The number of nitrogens with zero attached hydrogens (tertiary/aromatic N) is 3. The summed E-state index contributed by atoms with van der Waals surface area (Å²) >= 11 is 0. The lowest BCUT2D eigenvalue weighted by Crippen LogP contribution is -2.54. The van der Waals surface area contributed by atoms with Gasteiger partial charge in [-0.15, -0.1) is 0 Å². The fraction of sp³-hybridized carbons (Fsp3) is 0.500. The molecule has 0 bridgehead atoms. The van der Waals surface area contributed by atoms with Gasteiger partial charge in [0.15, 0.2) is 5.69 Å². The minimum Gasteiger partial charge on any atom is -0.385 e. The number of amides is 1. The quantitative estimate of drug-likeness (QED) is 0.446. The number of piperazine rings is 1. The molecule has 206 valence electrons. The highest BCUT2D eigenvalue weighted by molar-refractivity contribution is 5.98. The molecule has 3 atom stereocenters. The van der Waals surface area contributed by atoms with Crippen LogP contribution in [0, 0.1) is 0 Å². The second kappa shape index (κ2) is 11.6. The summed E-state index contributed by atoms with van der Waals surface area (Å²) in [5.74, 6) is -0.0416. The Morgan fingerprint density at radius 1 is 1.03 bits per heavy atom. The molecule has 7 nitrogen and oxygen atoms in total. The minimum absolute atomic E-state index is 0.0416. The highest BCUT2D eigenvalue weighted by Crippen LogP contribution is 2.42. The van der Waals surface area contributed by atoms with Gasteiger partial charge in [-0.1, -0.05) is 73.5 Å². The summed E-state index contributed by atoms with van der Waals surface area (Å²) in [6, 6.07) is 20.3. The number of carbonyl (C=O) groups is 1. The molecule has 7 heteroatoms. The smallest absolute Gasteiger partial charge is 0.275 e. The molecule has 6 rings (SSSR count). The molecule has 1 saturated heterocycles. The van der Waals surface area contributed by atoms with Gasteiger partial charge in [-0.2, -0.15) is 0 Å². The van der Waals surface area contributed by atoms with Crippen LogP contribution in [0.25, 0.3) is 11.3 Å². The largest absolute Gasteiger partial charge is 0.385 e. The molecule has 2 aromatic carbocycles. The first kappa shape index (κ1) is 26.2. The molecule has 39 heavy (non-hydrogen) atoms. The standard InChI is InChI=1S/C32H40N4O3/c37-31(35-19-18-33-21-26(35)20-24-10-3-1-4-11-24)29-30(25-12-5-2-6-13-25)36(23-34-29)28-16-7-8-17-32(28,38)22-39-27-14-9-15-27/h1-6,10-13,23,26-28,33,38H,7-9,14-22H2/t26-,28?,32?/m1/s1. The molecule has 2 heterocycles. The van der Waals surface area contributed by atoms with Gasteiger partial charge in [0.1, 0.15) is 5.60 Å². The van der Waals surface area contributed by atoms with Gasteiger partial charge in [-0.25, -0.2) is 4.98 Å². The number of benzene rings is 2. The van der Waals surface area contributed by atoms with Crippen LogP contribution in [-0.2, 0) is 11.2 Å². The molecule has 3 aromatic rings. The Morgan fingerprint density at radius 3 is 2.54 bits per heavy atom. The summed E-state index contributed by atoms with van der Waals surface area (Å²) in [5.41, 5.74) is 2.45. The highest BCUT2D eigenvalue weighted by atomic mass is 16.5. The second-order valence-electron chi connectivity index (χ2n) is 11.5. The fourth-order valence-corrected chi connectivity index (χ4v) is 6.44. The Hall–Kier alpha value is -3.00. The Bertz CT molecular complexity index is 1240. The van der Waals surface area contributed by atoms with Crippen LogP contribution in [0.2, 0.25) is 0 Å². The average Bonchev–Trinajstić information content (AvgIpc) is 3.38. The van der Waals surface area contributed by atoms with E-state index in [1.54, 1.807) is 6.33 Å². The maximum Gasteiger partial charge on any atom is 0.275 e. The fourth-order valence-electron chi connectivity index (χ4n) is 6.44. The number of carbonyl (C=O) groups excluding carboxylic acids is 1. The van der Waals surface area contributed by atoms with Crippen LogP contribution in [-0.4, -0.2) is 69.5 Å². The topological polar surface area (TPSA) is 79.6 Å². The van der Waals surface area contributed by atoms with Crippen molar-refractivity contribution in [3.63, 3.8) is 0 Å². The molecule has 0 spiro atoms. The summed E-state index contributed by atoms with van der Waals surface area (Å²) in [7, 11) is 0. The zero-order valence-electron chi connectivity index (χ0n) is 22.7. The Balaban J connectivity index is 1.34. The average molecular weight is 529 g/mol. The zero-order valence-corrected chi connectivity index (χ0v) is 22.7. The first-order valence-electron chi connectivity index (χ1n) is 14.6. The predicted molar refractivity (Wildman–Crippen MR) is 152 cm³/mol. The molecule has 2 aliphatic carbocycles. The minimum atomic E-state index is -0.983. The molecular formula is C32H40N4O3. The highest BCUT2D eigenvalue weighted by Gasteiger charge is 2.43. The van der Waals surface area contributed by atoms with Crippen molar-refractivity contribution in [2.24, 2.45) is 0 Å². The van der Waals surface area contributed by atoms with Crippen molar-refractivity contribution in [1.29, 1.82) is 0 Å². The molecule has 2 saturated carbocycles. The van der Waals surface area contributed by atoms with Crippen LogP contribution in [0.4, 0.5) is 0 Å². The number of aliphatic hydroxyl groups is 1. The number of rotatable bonds is 8. The second-order valence-corrected chi connectivity index (χ2v) is 11.5. The van der Waals surface area contributed by atoms with Crippen LogP contribution in [0.3, 0.4) is 0 Å². The van der Waals surface area contributed by atoms with Crippen LogP contribution < -0.4 is 5.32 Å². The molecule has 3 fully saturated rings. The van der Waals surface area contributed by atoms with Crippen molar-refractivity contribution in [1.82, 2.24) is 19.8 Å². The van der Waals surface area contributed by atoms with Crippen molar-refractivity contribution in [3.8, 4) is 11.3 Å². The summed E-state index contributed by atoms with van der Waals surface area (Å²) in [5, 5.41) is 15.4. The first-order chi connectivity index (χ1) is 19.1. The maximum atomic E-state index is 14.2. The van der Waals surface area contributed by atoms with Gasteiger partial charge in [0.2, 0.25) is 0 Å². The van der Waals surface area contributed by atoms with E-state index in [0.717, 1.165) is 62.9 Å². The van der Waals surface area contributed by atoms with Gasteiger partial charge in [0, 0.05) is 31.2 Å². The molecular weight excluding hydrogens is 488 g/mol. The van der Waals surface area contributed by atoms with Crippen molar-refractivity contribution in [2.45, 2.75) is 75.2 Å². The maximum absolute atomic E-state index is 14.2. The third-order valence-electron chi connectivity index (χ3n) is 8.88. The molecule has 1 aromatic heterocycles. The van der Waals surface area contributed by atoms with E-state index in [9.17, 15) is 9.90 Å². The van der Waals surface area contributed by atoms with Gasteiger partial charge in [0.25, 0.3) is 5.91 Å². The molecule has 3 aliphatic rings. The Labute approximate surface area is 231 Å². The summed E-state index contributed by atoms with van der Waals surface area (Å²) < 4.78 is 8.26. The normalized spacial score (nSPS) is 25.8. The van der Waals surface area contributed by atoms with E-state index in [4.69, 9.17) is 9.72 Å². The Morgan fingerprint density at radius 2 is 1.79 bits per heavy atom. The van der Waals surface area contributed by atoms with Gasteiger partial charge < -0.3 is 24.6 Å². The van der Waals surface area contributed by atoms with Crippen LogP contribution >= 0.6 is 0 Å². The lowest BCUT2D eigenvalue weighted by atomic mass is 9.80. The van der Waals surface area contributed by atoms with Crippen molar-refractivity contribution < 1.29 is 14.6 Å². The number of aromatic nitrogens is 2. The molecule has 1 aliphatic heterocycles. The summed E-state index contributed by atoms with van der Waals surface area (Å²) in [6.07, 6.45) is 9.73. The number of nitrogens with one attached hydrogen (secondary N) is 1. The molecule has 1 amide bonds. The number of ether oxygens (including phenoxy) is 1. The van der Waals surface area contributed by atoms with Crippen molar-refractivity contribution >= 4 is 5.91 Å². The SMILES string of the molecule is O=C(c1ncn(C2CCCCC2(O)COC2CCC2)c1-c1ccccc1)N1CCNC[C@H]1Cc1ccccc1. The first-order valence-corrected chi connectivity index (χ1v) is 14.6. The molecule has 2 unspecified atom stereocenters. The molecule has 0 radical (unpaired) electrons. The predicted octanol–water partition coefficient (Wildman–Crippen LogP) is 4.62. The monoisotopic (exact) mass is 528 g/mol. The third kappa shape index (κ3) is 5.53. The lowest BCUT2D eigenvalue weighted by Gasteiger charge is -2.42. The van der Waals surface area contributed by atoms with E-state index >= 15 is 0 Å². The van der Waals surface area contributed by atoms with Gasteiger partial charge in [0.05, 0.1) is 30.8 Å². The molecule has 2 N–H and O–H groups in total.